The van der Waals surface area contributed by atoms with E-state index in [1.165, 1.54) is 11.1 Å². The summed E-state index contributed by atoms with van der Waals surface area (Å²) in [5.41, 5.74) is 3.39. The highest BCUT2D eigenvalue weighted by Gasteiger charge is 2.26. The highest BCUT2D eigenvalue weighted by atomic mass is 16.6. The van der Waals surface area contributed by atoms with Crippen molar-refractivity contribution in [3.05, 3.63) is 71.3 Å². The third-order valence-electron chi connectivity index (χ3n) is 4.80. The molecule has 4 heteroatoms. The van der Waals surface area contributed by atoms with Crippen molar-refractivity contribution in [1.29, 1.82) is 5.41 Å². The summed E-state index contributed by atoms with van der Waals surface area (Å²) in [4.78, 5) is 5.29. The molecule has 0 amide bonds. The number of nitrogens with zero attached hydrogens (tertiary/aromatic N) is 1. The van der Waals surface area contributed by atoms with Crippen molar-refractivity contribution in [2.45, 2.75) is 45.3 Å². The number of oxime groups is 1. The maximum Gasteiger partial charge on any atom is 0.220 e. The topological polar surface area (TPSA) is 54.7 Å². The van der Waals surface area contributed by atoms with Crippen molar-refractivity contribution in [3.63, 3.8) is 0 Å². The normalized spacial score (nSPS) is 20.2. The molecule has 1 saturated carbocycles. The van der Waals surface area contributed by atoms with E-state index in [0.717, 1.165) is 31.2 Å². The Morgan fingerprint density at radius 2 is 1.73 bits per heavy atom. The average molecular weight is 350 g/mol. The first-order valence-corrected chi connectivity index (χ1v) is 9.22. The summed E-state index contributed by atoms with van der Waals surface area (Å²) in [6.45, 7) is 2.71. The van der Waals surface area contributed by atoms with Gasteiger partial charge in [-0.05, 0) is 43.7 Å². The van der Waals surface area contributed by atoms with Crippen LogP contribution in [0.5, 0.6) is 0 Å². The number of rotatable bonds is 6. The van der Waals surface area contributed by atoms with Crippen LogP contribution < -0.4 is 0 Å². The van der Waals surface area contributed by atoms with Gasteiger partial charge in [0.05, 0.1) is 18.9 Å². The summed E-state index contributed by atoms with van der Waals surface area (Å²) in [5, 5.41) is 12.1. The standard InChI is InChI=1S/C22H26N2O2/c1-17-7-9-18(10-8-17)15-24-26-22(23)20-11-13-21(14-12-20)25-16-19-5-3-2-4-6-19/h2-10,15,20-21,23H,11-14,16H2,1H3/b23-22?,24-15+. The fourth-order valence-electron chi connectivity index (χ4n) is 3.15. The molecular formula is C22H26N2O2. The lowest BCUT2D eigenvalue weighted by atomic mass is 9.87. The van der Waals surface area contributed by atoms with Gasteiger partial charge in [0.2, 0.25) is 5.90 Å². The molecule has 0 aromatic heterocycles. The summed E-state index contributed by atoms with van der Waals surface area (Å²) in [6, 6.07) is 18.3. The minimum absolute atomic E-state index is 0.141. The molecule has 1 fully saturated rings. The maximum absolute atomic E-state index is 8.11. The molecule has 0 heterocycles. The van der Waals surface area contributed by atoms with E-state index in [1.54, 1.807) is 6.21 Å². The second-order valence-corrected chi connectivity index (χ2v) is 6.87. The smallest absolute Gasteiger partial charge is 0.220 e. The van der Waals surface area contributed by atoms with Crippen molar-refractivity contribution >= 4 is 12.1 Å². The van der Waals surface area contributed by atoms with Crippen LogP contribution in [0.25, 0.3) is 0 Å². The summed E-state index contributed by atoms with van der Waals surface area (Å²) in [7, 11) is 0. The molecule has 2 aromatic rings. The number of benzene rings is 2. The van der Waals surface area contributed by atoms with Crippen molar-refractivity contribution in [2.24, 2.45) is 11.1 Å². The van der Waals surface area contributed by atoms with Gasteiger partial charge in [0.1, 0.15) is 0 Å². The Kier molecular flexibility index (Phi) is 6.56. The summed E-state index contributed by atoms with van der Waals surface area (Å²) in [6.07, 6.45) is 5.69. The summed E-state index contributed by atoms with van der Waals surface area (Å²) in [5.74, 6) is 0.400. The lowest BCUT2D eigenvalue weighted by molar-refractivity contribution is 0.0107. The molecule has 0 saturated heterocycles. The number of aryl methyl sites for hydroxylation is 1. The van der Waals surface area contributed by atoms with E-state index in [2.05, 4.69) is 17.3 Å². The van der Waals surface area contributed by atoms with Gasteiger partial charge in [0, 0.05) is 5.92 Å². The van der Waals surface area contributed by atoms with Crippen LogP contribution in [0, 0.1) is 18.3 Å². The molecule has 0 radical (unpaired) electrons. The molecule has 2 aromatic carbocycles. The highest BCUT2D eigenvalue weighted by molar-refractivity contribution is 5.81. The molecule has 1 N–H and O–H groups in total. The van der Waals surface area contributed by atoms with E-state index in [0.29, 0.717) is 6.61 Å². The highest BCUT2D eigenvalue weighted by Crippen LogP contribution is 2.28. The van der Waals surface area contributed by atoms with Crippen LogP contribution >= 0.6 is 0 Å². The van der Waals surface area contributed by atoms with Crippen LogP contribution in [0.1, 0.15) is 42.4 Å². The van der Waals surface area contributed by atoms with Gasteiger partial charge in [-0.2, -0.15) is 0 Å². The quantitative estimate of drug-likeness (QED) is 0.448. The minimum Gasteiger partial charge on any atom is -0.374 e. The van der Waals surface area contributed by atoms with E-state index < -0.39 is 0 Å². The van der Waals surface area contributed by atoms with Crippen LogP contribution in [0.3, 0.4) is 0 Å². The SMILES string of the molecule is Cc1ccc(/C=N/OC(=N)C2CCC(OCc3ccccc3)CC2)cc1. The molecule has 26 heavy (non-hydrogen) atoms. The third-order valence-corrected chi connectivity index (χ3v) is 4.80. The molecule has 0 aliphatic heterocycles. The third kappa shape index (κ3) is 5.53. The molecule has 0 atom stereocenters. The second-order valence-electron chi connectivity index (χ2n) is 6.87. The average Bonchev–Trinajstić information content (AvgIpc) is 2.69. The Labute approximate surface area is 155 Å². The van der Waals surface area contributed by atoms with Crippen molar-refractivity contribution in [1.82, 2.24) is 0 Å². The zero-order valence-electron chi connectivity index (χ0n) is 15.2. The van der Waals surface area contributed by atoms with Gasteiger partial charge in [-0.1, -0.05) is 65.3 Å². The summed E-state index contributed by atoms with van der Waals surface area (Å²) < 4.78 is 6.00. The number of hydrogen-bond donors (Lipinski definition) is 1. The molecule has 1 aliphatic carbocycles. The van der Waals surface area contributed by atoms with Gasteiger partial charge in [-0.25, -0.2) is 0 Å². The van der Waals surface area contributed by atoms with Crippen LogP contribution in [0.4, 0.5) is 0 Å². The van der Waals surface area contributed by atoms with Gasteiger partial charge in [0.25, 0.3) is 0 Å². The van der Waals surface area contributed by atoms with Crippen LogP contribution in [0.2, 0.25) is 0 Å². The first-order valence-electron chi connectivity index (χ1n) is 9.22. The van der Waals surface area contributed by atoms with Gasteiger partial charge >= 0.3 is 0 Å². The molecule has 3 rings (SSSR count). The van der Waals surface area contributed by atoms with Gasteiger partial charge in [-0.3, -0.25) is 5.41 Å². The van der Waals surface area contributed by atoms with Gasteiger partial charge in [-0.15, -0.1) is 0 Å². The van der Waals surface area contributed by atoms with Gasteiger partial charge < -0.3 is 9.57 Å². The van der Waals surface area contributed by atoms with Crippen LogP contribution in [-0.4, -0.2) is 18.2 Å². The van der Waals surface area contributed by atoms with Crippen LogP contribution in [0.15, 0.2) is 59.8 Å². The molecule has 0 spiro atoms. The zero-order valence-corrected chi connectivity index (χ0v) is 15.2. The number of hydrogen-bond acceptors (Lipinski definition) is 4. The van der Waals surface area contributed by atoms with E-state index in [4.69, 9.17) is 15.0 Å². The van der Waals surface area contributed by atoms with Gasteiger partial charge in [0.15, 0.2) is 0 Å². The fraction of sp³-hybridized carbons (Fsp3) is 0.364. The monoisotopic (exact) mass is 350 g/mol. The fourth-order valence-corrected chi connectivity index (χ4v) is 3.15. The Morgan fingerprint density at radius 1 is 1.04 bits per heavy atom. The zero-order chi connectivity index (χ0) is 18.2. The molecule has 136 valence electrons. The molecule has 4 nitrogen and oxygen atoms in total. The maximum atomic E-state index is 8.11. The van der Waals surface area contributed by atoms with Crippen molar-refractivity contribution in [2.75, 3.05) is 0 Å². The van der Waals surface area contributed by atoms with E-state index in [-0.39, 0.29) is 17.9 Å². The van der Waals surface area contributed by atoms with E-state index >= 15 is 0 Å². The Hall–Kier alpha value is -2.46. The first kappa shape index (κ1) is 18.3. The number of ether oxygens (including phenoxy) is 1. The van der Waals surface area contributed by atoms with Crippen molar-refractivity contribution in [3.8, 4) is 0 Å². The Bertz CT molecular complexity index is 718. The predicted molar refractivity (Wildman–Crippen MR) is 105 cm³/mol. The lowest BCUT2D eigenvalue weighted by Crippen LogP contribution is -2.26. The van der Waals surface area contributed by atoms with Crippen LogP contribution in [-0.2, 0) is 16.2 Å². The largest absolute Gasteiger partial charge is 0.374 e. The minimum atomic E-state index is 0.141. The second kappa shape index (κ2) is 9.30. The Morgan fingerprint density at radius 3 is 2.42 bits per heavy atom. The molecule has 0 unspecified atom stereocenters. The van der Waals surface area contributed by atoms with Crippen molar-refractivity contribution < 1.29 is 9.57 Å². The molecule has 1 aliphatic rings. The predicted octanol–water partition coefficient (Wildman–Crippen LogP) is 5.10. The Balaban J connectivity index is 1.38. The first-order chi connectivity index (χ1) is 12.7. The molecule has 0 bridgehead atoms. The lowest BCUT2D eigenvalue weighted by Gasteiger charge is -2.27. The molecular weight excluding hydrogens is 324 g/mol. The van der Waals surface area contributed by atoms with E-state index in [9.17, 15) is 0 Å². The van der Waals surface area contributed by atoms with E-state index in [1.807, 2.05) is 49.4 Å². The number of nitrogens with one attached hydrogen (secondary N) is 1. The summed E-state index contributed by atoms with van der Waals surface area (Å²) >= 11 is 0.